The molecule has 0 amide bonds. The van der Waals surface area contributed by atoms with Gasteiger partial charge in [0, 0.05) is 18.2 Å². The second-order valence-corrected chi connectivity index (χ2v) is 5.42. The molecule has 1 aliphatic heterocycles. The summed E-state index contributed by atoms with van der Waals surface area (Å²) in [6.07, 6.45) is 2.13. The Morgan fingerprint density at radius 3 is 2.67 bits per heavy atom. The molecule has 0 aromatic heterocycles. The predicted molar refractivity (Wildman–Crippen MR) is 78.1 cm³/mol. The van der Waals surface area contributed by atoms with Crippen molar-refractivity contribution in [2.75, 3.05) is 13.1 Å². The van der Waals surface area contributed by atoms with Crippen molar-refractivity contribution in [2.24, 2.45) is 5.92 Å². The second kappa shape index (κ2) is 6.67. The van der Waals surface area contributed by atoms with Crippen molar-refractivity contribution in [3.05, 3.63) is 39.9 Å². The first kappa shape index (κ1) is 15.4. The van der Waals surface area contributed by atoms with Gasteiger partial charge < -0.3 is 5.11 Å². The van der Waals surface area contributed by atoms with Crippen LogP contribution < -0.4 is 0 Å². The molecule has 1 aliphatic rings. The Hall–Kier alpha value is -1.95. The molecule has 1 heterocycles. The zero-order valence-corrected chi connectivity index (χ0v) is 12.1. The van der Waals surface area contributed by atoms with Gasteiger partial charge in [-0.05, 0) is 37.9 Å². The number of benzene rings is 1. The SMILES string of the molecule is CCC(c1cccc([N+](=O)[O-])c1)N1CCC(C(=O)O)CC1. The standard InChI is InChI=1S/C15H20N2O4/c1-2-14(12-4-3-5-13(10-12)17(20)21)16-8-6-11(7-9-16)15(18)19/h3-5,10-11,14H,2,6-9H2,1H3,(H,18,19). The zero-order chi connectivity index (χ0) is 15.4. The average Bonchev–Trinajstić information content (AvgIpc) is 2.49. The fraction of sp³-hybridized carbons (Fsp3) is 0.533. The minimum Gasteiger partial charge on any atom is -0.481 e. The van der Waals surface area contributed by atoms with Crippen molar-refractivity contribution in [3.63, 3.8) is 0 Å². The van der Waals surface area contributed by atoms with Gasteiger partial charge >= 0.3 is 5.97 Å². The molecule has 1 atom stereocenters. The van der Waals surface area contributed by atoms with Crippen molar-refractivity contribution >= 4 is 11.7 Å². The van der Waals surface area contributed by atoms with E-state index in [1.54, 1.807) is 12.1 Å². The van der Waals surface area contributed by atoms with Gasteiger partial charge in [-0.1, -0.05) is 19.1 Å². The van der Waals surface area contributed by atoms with Crippen LogP contribution in [0.2, 0.25) is 0 Å². The highest BCUT2D eigenvalue weighted by molar-refractivity contribution is 5.70. The monoisotopic (exact) mass is 292 g/mol. The smallest absolute Gasteiger partial charge is 0.306 e. The number of hydrogen-bond acceptors (Lipinski definition) is 4. The second-order valence-electron chi connectivity index (χ2n) is 5.42. The van der Waals surface area contributed by atoms with Crippen LogP contribution in [0.25, 0.3) is 0 Å². The predicted octanol–water partition coefficient (Wildman–Crippen LogP) is 2.84. The van der Waals surface area contributed by atoms with Crippen LogP contribution >= 0.6 is 0 Å². The van der Waals surface area contributed by atoms with E-state index in [4.69, 9.17) is 5.11 Å². The van der Waals surface area contributed by atoms with Crippen LogP contribution in [-0.2, 0) is 4.79 Å². The van der Waals surface area contributed by atoms with Crippen molar-refractivity contribution in [1.29, 1.82) is 0 Å². The molecular formula is C15H20N2O4. The Morgan fingerprint density at radius 2 is 2.14 bits per heavy atom. The van der Waals surface area contributed by atoms with Crippen LogP contribution in [0.3, 0.4) is 0 Å². The van der Waals surface area contributed by atoms with E-state index in [-0.39, 0.29) is 22.6 Å². The van der Waals surface area contributed by atoms with Gasteiger partial charge in [0.15, 0.2) is 0 Å². The molecule has 1 fully saturated rings. The van der Waals surface area contributed by atoms with Crippen LogP contribution in [0, 0.1) is 16.0 Å². The highest BCUT2D eigenvalue weighted by Crippen LogP contribution is 2.30. The van der Waals surface area contributed by atoms with Crippen molar-refractivity contribution in [2.45, 2.75) is 32.2 Å². The van der Waals surface area contributed by atoms with E-state index >= 15 is 0 Å². The summed E-state index contributed by atoms with van der Waals surface area (Å²) in [6, 6.07) is 6.84. The third-order valence-electron chi connectivity index (χ3n) is 4.17. The van der Waals surface area contributed by atoms with Crippen LogP contribution in [-0.4, -0.2) is 34.0 Å². The van der Waals surface area contributed by atoms with Crippen molar-refractivity contribution in [3.8, 4) is 0 Å². The summed E-state index contributed by atoms with van der Waals surface area (Å²) in [5.74, 6) is -0.984. The van der Waals surface area contributed by atoms with E-state index in [0.29, 0.717) is 12.8 Å². The Kier molecular flexibility index (Phi) is 4.90. The molecule has 0 radical (unpaired) electrons. The first-order valence-electron chi connectivity index (χ1n) is 7.24. The number of nitro benzene ring substituents is 1. The van der Waals surface area contributed by atoms with Crippen LogP contribution in [0.1, 0.15) is 37.8 Å². The first-order valence-corrected chi connectivity index (χ1v) is 7.24. The fourth-order valence-corrected chi connectivity index (χ4v) is 3.01. The third-order valence-corrected chi connectivity index (χ3v) is 4.17. The molecular weight excluding hydrogens is 272 g/mol. The molecule has 0 aliphatic carbocycles. The number of likely N-dealkylation sites (tertiary alicyclic amines) is 1. The minimum atomic E-state index is -0.724. The average molecular weight is 292 g/mol. The summed E-state index contributed by atoms with van der Waals surface area (Å²) in [5, 5.41) is 19.9. The number of carboxylic acids is 1. The maximum absolute atomic E-state index is 11.0. The molecule has 0 bridgehead atoms. The number of nitrogens with zero attached hydrogens (tertiary/aromatic N) is 2. The van der Waals surface area contributed by atoms with Gasteiger partial charge in [-0.25, -0.2) is 0 Å². The van der Waals surface area contributed by atoms with E-state index in [1.807, 2.05) is 13.0 Å². The normalized spacial score (nSPS) is 18.3. The van der Waals surface area contributed by atoms with E-state index in [9.17, 15) is 14.9 Å². The molecule has 114 valence electrons. The van der Waals surface area contributed by atoms with Gasteiger partial charge in [-0.3, -0.25) is 19.8 Å². The first-order chi connectivity index (χ1) is 10.0. The minimum absolute atomic E-state index is 0.103. The molecule has 0 saturated carbocycles. The molecule has 1 unspecified atom stereocenters. The van der Waals surface area contributed by atoms with Gasteiger partial charge in [-0.15, -0.1) is 0 Å². The number of rotatable bonds is 5. The molecule has 2 rings (SSSR count). The van der Waals surface area contributed by atoms with E-state index < -0.39 is 5.97 Å². The number of carboxylic acid groups (broad SMARTS) is 1. The number of aliphatic carboxylic acids is 1. The molecule has 1 aromatic rings. The van der Waals surface area contributed by atoms with Crippen molar-refractivity contribution in [1.82, 2.24) is 4.90 Å². The lowest BCUT2D eigenvalue weighted by Gasteiger charge is -2.36. The van der Waals surface area contributed by atoms with Gasteiger partial charge in [0.2, 0.25) is 0 Å². The van der Waals surface area contributed by atoms with Gasteiger partial charge in [-0.2, -0.15) is 0 Å². The molecule has 6 heteroatoms. The third kappa shape index (κ3) is 3.58. The number of hydrogen-bond donors (Lipinski definition) is 1. The largest absolute Gasteiger partial charge is 0.481 e. The molecule has 0 spiro atoms. The zero-order valence-electron chi connectivity index (χ0n) is 12.1. The van der Waals surface area contributed by atoms with E-state index in [0.717, 1.165) is 25.1 Å². The number of non-ortho nitro benzene ring substituents is 1. The Balaban J connectivity index is 2.12. The fourth-order valence-electron chi connectivity index (χ4n) is 3.01. The summed E-state index contributed by atoms with van der Waals surface area (Å²) in [7, 11) is 0. The molecule has 21 heavy (non-hydrogen) atoms. The summed E-state index contributed by atoms with van der Waals surface area (Å²) < 4.78 is 0. The van der Waals surface area contributed by atoms with Gasteiger partial charge in [0.1, 0.15) is 0 Å². The van der Waals surface area contributed by atoms with Crippen LogP contribution in [0.5, 0.6) is 0 Å². The lowest BCUT2D eigenvalue weighted by molar-refractivity contribution is -0.385. The number of carbonyl (C=O) groups is 1. The molecule has 1 aromatic carbocycles. The van der Waals surface area contributed by atoms with E-state index in [2.05, 4.69) is 4.90 Å². The lowest BCUT2D eigenvalue weighted by Crippen LogP contribution is -2.38. The van der Waals surface area contributed by atoms with E-state index in [1.165, 1.54) is 6.07 Å². The highest BCUT2D eigenvalue weighted by atomic mass is 16.6. The van der Waals surface area contributed by atoms with Crippen molar-refractivity contribution < 1.29 is 14.8 Å². The van der Waals surface area contributed by atoms with Crippen LogP contribution in [0.4, 0.5) is 5.69 Å². The summed E-state index contributed by atoms with van der Waals surface area (Å²) in [5.41, 5.74) is 1.03. The maximum Gasteiger partial charge on any atom is 0.306 e. The molecule has 1 N–H and O–H groups in total. The highest BCUT2D eigenvalue weighted by Gasteiger charge is 2.28. The maximum atomic E-state index is 11.0. The topological polar surface area (TPSA) is 83.7 Å². The van der Waals surface area contributed by atoms with Gasteiger partial charge in [0.05, 0.1) is 10.8 Å². The molecule has 1 saturated heterocycles. The van der Waals surface area contributed by atoms with Gasteiger partial charge in [0.25, 0.3) is 5.69 Å². The lowest BCUT2D eigenvalue weighted by atomic mass is 9.93. The Morgan fingerprint density at radius 1 is 1.48 bits per heavy atom. The molecule has 6 nitrogen and oxygen atoms in total. The van der Waals surface area contributed by atoms with Crippen LogP contribution in [0.15, 0.2) is 24.3 Å². The summed E-state index contributed by atoms with van der Waals surface area (Å²) >= 11 is 0. The Labute approximate surface area is 123 Å². The Bertz CT molecular complexity index is 524. The number of piperidine rings is 1. The summed E-state index contributed by atoms with van der Waals surface area (Å²) in [6.45, 7) is 3.49. The summed E-state index contributed by atoms with van der Waals surface area (Å²) in [4.78, 5) is 23.7. The quantitative estimate of drug-likeness (QED) is 0.666. The number of nitro groups is 1.